The van der Waals surface area contributed by atoms with Gasteiger partial charge in [-0.25, -0.2) is 35.1 Å². The molecular weight excluding hydrogens is 509 g/mol. The summed E-state index contributed by atoms with van der Waals surface area (Å²) in [5, 5.41) is 0. The van der Waals surface area contributed by atoms with Crippen molar-refractivity contribution in [3.05, 3.63) is 125 Å². The van der Waals surface area contributed by atoms with Crippen LogP contribution in [-0.2, 0) is 6.18 Å². The zero-order valence-electron chi connectivity index (χ0n) is 18.0. The minimum absolute atomic E-state index is 0.224. The van der Waals surface area contributed by atoms with Crippen molar-refractivity contribution in [3.63, 3.8) is 0 Å². The lowest BCUT2D eigenvalue weighted by atomic mass is 10.1. The van der Waals surface area contributed by atoms with Crippen LogP contribution in [0.1, 0.15) is 22.3 Å². The molecule has 0 heterocycles. The molecule has 0 amide bonds. The average molecular weight is 524 g/mol. The molecule has 0 aliphatic rings. The van der Waals surface area contributed by atoms with Gasteiger partial charge in [-0.3, -0.25) is 0 Å². The summed E-state index contributed by atoms with van der Waals surface area (Å²) in [6.45, 7) is 9.66. The first-order valence-electron chi connectivity index (χ1n) is 9.40. The lowest BCUT2D eigenvalue weighted by molar-refractivity contribution is -0.137. The van der Waals surface area contributed by atoms with Crippen LogP contribution in [0.5, 0.6) is 0 Å². The van der Waals surface area contributed by atoms with Gasteiger partial charge in [0.1, 0.15) is 0 Å². The number of hydrogen-bond acceptors (Lipinski definition) is 0. The first-order valence-corrected chi connectivity index (χ1v) is 9.40. The first kappa shape index (κ1) is 30.1. The summed E-state index contributed by atoms with van der Waals surface area (Å²) in [5.41, 5.74) is -0.742. The molecule has 0 unspecified atom stereocenters. The summed E-state index contributed by atoms with van der Waals surface area (Å²) in [4.78, 5) is 0. The third-order valence-corrected chi connectivity index (χ3v) is 4.16. The highest BCUT2D eigenvalue weighted by molar-refractivity contribution is 5.49. The smallest absolute Gasteiger partial charge is 0.204 e. The van der Waals surface area contributed by atoms with E-state index < -0.39 is 63.8 Å². The van der Waals surface area contributed by atoms with Gasteiger partial charge in [0, 0.05) is 0 Å². The van der Waals surface area contributed by atoms with Gasteiger partial charge < -0.3 is 0 Å². The van der Waals surface area contributed by atoms with E-state index in [1.165, 1.54) is 24.3 Å². The maximum absolute atomic E-state index is 12.6. The molecule has 3 rings (SSSR count). The number of rotatable bonds is 3. The zero-order valence-corrected chi connectivity index (χ0v) is 18.0. The van der Waals surface area contributed by atoms with Crippen LogP contribution in [0, 0.1) is 46.5 Å². The lowest BCUT2D eigenvalue weighted by Crippen LogP contribution is -2.03. The molecule has 192 valence electrons. The second kappa shape index (κ2) is 12.7. The Balaban J connectivity index is 0.000000271. The van der Waals surface area contributed by atoms with Crippen LogP contribution in [0.2, 0.25) is 0 Å². The first-order chi connectivity index (χ1) is 16.7. The molecule has 0 spiro atoms. The van der Waals surface area contributed by atoms with Gasteiger partial charge in [0.15, 0.2) is 40.7 Å². The Morgan fingerprint density at radius 2 is 0.889 bits per heavy atom. The van der Waals surface area contributed by atoms with E-state index in [1.807, 2.05) is 0 Å². The Hall–Kier alpha value is -3.89. The molecular formula is C25H15F11. The van der Waals surface area contributed by atoms with Crippen molar-refractivity contribution < 1.29 is 48.3 Å². The van der Waals surface area contributed by atoms with Gasteiger partial charge in [-0.05, 0) is 35.4 Å². The van der Waals surface area contributed by atoms with Crippen molar-refractivity contribution in [2.75, 3.05) is 0 Å². The molecule has 0 fully saturated rings. The van der Waals surface area contributed by atoms with Gasteiger partial charge in [0.05, 0.1) is 11.1 Å². The Kier molecular flexibility index (Phi) is 10.6. The van der Waals surface area contributed by atoms with E-state index >= 15 is 0 Å². The van der Waals surface area contributed by atoms with Crippen molar-refractivity contribution >= 4 is 18.2 Å². The van der Waals surface area contributed by atoms with Gasteiger partial charge in [-0.1, -0.05) is 50.1 Å². The SMILES string of the molecule is C=Cc1c(F)c(F)c(F)c(F)c1F.C=Cc1cc(F)c(F)c(F)c1.C=Cc1ccc(C(F)(F)F)cc1. The molecule has 0 aliphatic heterocycles. The maximum Gasteiger partial charge on any atom is 0.416 e. The normalized spacial score (nSPS) is 10.4. The molecule has 0 aliphatic carbocycles. The van der Waals surface area contributed by atoms with E-state index in [4.69, 9.17) is 0 Å². The van der Waals surface area contributed by atoms with E-state index in [1.54, 1.807) is 0 Å². The highest BCUT2D eigenvalue weighted by Crippen LogP contribution is 2.29. The van der Waals surface area contributed by atoms with Gasteiger partial charge in [0.2, 0.25) is 5.82 Å². The fourth-order valence-electron chi connectivity index (χ4n) is 2.30. The van der Waals surface area contributed by atoms with Crippen LogP contribution >= 0.6 is 0 Å². The van der Waals surface area contributed by atoms with E-state index in [-0.39, 0.29) is 5.56 Å². The average Bonchev–Trinajstić information content (AvgIpc) is 2.85. The Bertz CT molecular complexity index is 1190. The zero-order chi connectivity index (χ0) is 27.8. The van der Waals surface area contributed by atoms with Crippen molar-refractivity contribution in [2.45, 2.75) is 6.18 Å². The quantitative estimate of drug-likeness (QED) is 0.182. The minimum atomic E-state index is -4.25. The number of halogens is 11. The molecule has 0 radical (unpaired) electrons. The molecule has 0 bridgehead atoms. The molecule has 0 nitrogen and oxygen atoms in total. The number of benzene rings is 3. The van der Waals surface area contributed by atoms with Crippen LogP contribution in [0.4, 0.5) is 48.3 Å². The number of alkyl halides is 3. The molecule has 3 aromatic rings. The maximum atomic E-state index is 12.6. The third-order valence-electron chi connectivity index (χ3n) is 4.16. The van der Waals surface area contributed by atoms with Gasteiger partial charge >= 0.3 is 6.18 Å². The van der Waals surface area contributed by atoms with Crippen LogP contribution in [0.15, 0.2) is 56.1 Å². The summed E-state index contributed by atoms with van der Waals surface area (Å²) in [7, 11) is 0. The van der Waals surface area contributed by atoms with E-state index in [9.17, 15) is 48.3 Å². The van der Waals surface area contributed by atoms with Crippen LogP contribution in [0.3, 0.4) is 0 Å². The fourth-order valence-corrected chi connectivity index (χ4v) is 2.30. The Morgan fingerprint density at radius 1 is 0.500 bits per heavy atom. The van der Waals surface area contributed by atoms with Crippen molar-refractivity contribution in [1.29, 1.82) is 0 Å². The van der Waals surface area contributed by atoms with E-state index in [0.717, 1.165) is 24.3 Å². The predicted molar refractivity (Wildman–Crippen MR) is 114 cm³/mol. The summed E-state index contributed by atoms with van der Waals surface area (Å²) < 4.78 is 135. The van der Waals surface area contributed by atoms with Gasteiger partial charge in [0.25, 0.3) is 0 Å². The standard InChI is InChI=1S/C9H7F3.C8H3F5.C8H5F3/c1-2-7-3-5-8(6-4-7)9(10,11)12;1-2-3-4(9)6(11)8(13)7(12)5(3)10;1-2-5-3-6(9)8(11)7(10)4-5/h2-6H,1H2;2H,1H2;2-4H,1H2. The summed E-state index contributed by atoms with van der Waals surface area (Å²) >= 11 is 0. The molecule has 11 heteroatoms. The van der Waals surface area contributed by atoms with Crippen molar-refractivity contribution in [3.8, 4) is 0 Å². The summed E-state index contributed by atoms with van der Waals surface area (Å²) in [6, 6.07) is 6.61. The summed E-state index contributed by atoms with van der Waals surface area (Å²) in [6.07, 6.45) is -0.943. The molecule has 0 saturated heterocycles. The van der Waals surface area contributed by atoms with Gasteiger partial charge in [-0.2, -0.15) is 13.2 Å². The molecule has 36 heavy (non-hydrogen) atoms. The molecule has 0 aromatic heterocycles. The van der Waals surface area contributed by atoms with Crippen LogP contribution < -0.4 is 0 Å². The van der Waals surface area contributed by atoms with Crippen molar-refractivity contribution in [2.24, 2.45) is 0 Å². The molecule has 0 N–H and O–H groups in total. The minimum Gasteiger partial charge on any atom is -0.204 e. The number of hydrogen-bond donors (Lipinski definition) is 0. The fraction of sp³-hybridized carbons (Fsp3) is 0.0400. The Labute approximate surface area is 198 Å². The lowest BCUT2D eigenvalue weighted by Gasteiger charge is -2.05. The third kappa shape index (κ3) is 7.56. The molecule has 3 aromatic carbocycles. The van der Waals surface area contributed by atoms with Crippen molar-refractivity contribution in [1.82, 2.24) is 0 Å². The Morgan fingerprint density at radius 3 is 1.22 bits per heavy atom. The van der Waals surface area contributed by atoms with E-state index in [0.29, 0.717) is 11.6 Å². The summed E-state index contributed by atoms with van der Waals surface area (Å²) in [5.74, 6) is -13.7. The molecule has 0 atom stereocenters. The van der Waals surface area contributed by atoms with Crippen LogP contribution in [-0.4, -0.2) is 0 Å². The monoisotopic (exact) mass is 524 g/mol. The van der Waals surface area contributed by atoms with Crippen LogP contribution in [0.25, 0.3) is 18.2 Å². The highest BCUT2D eigenvalue weighted by Gasteiger charge is 2.29. The largest absolute Gasteiger partial charge is 0.416 e. The highest BCUT2D eigenvalue weighted by atomic mass is 19.4. The second-order valence-corrected chi connectivity index (χ2v) is 6.51. The van der Waals surface area contributed by atoms with E-state index in [2.05, 4.69) is 19.7 Å². The molecule has 0 saturated carbocycles. The van der Waals surface area contributed by atoms with Gasteiger partial charge in [-0.15, -0.1) is 0 Å². The topological polar surface area (TPSA) is 0 Å². The predicted octanol–water partition coefficient (Wildman–Crippen LogP) is 9.12. The second-order valence-electron chi connectivity index (χ2n) is 6.51.